The lowest BCUT2D eigenvalue weighted by Crippen LogP contribution is -2.30. The lowest BCUT2D eigenvalue weighted by Gasteiger charge is -2.19. The number of rotatable bonds is 8. The predicted octanol–water partition coefficient (Wildman–Crippen LogP) is 1.16. The summed E-state index contributed by atoms with van der Waals surface area (Å²) in [6.07, 6.45) is 0.486. The van der Waals surface area contributed by atoms with Crippen molar-refractivity contribution in [3.8, 4) is 6.07 Å². The highest BCUT2D eigenvalue weighted by molar-refractivity contribution is 4.72. The molecule has 6 nitrogen and oxygen atoms in total. The molecule has 78 valence electrons. The number of hydrogen-bond donors (Lipinski definition) is 0. The molecule has 0 amide bonds. The van der Waals surface area contributed by atoms with Gasteiger partial charge in [0.1, 0.15) is 0 Å². The summed E-state index contributed by atoms with van der Waals surface area (Å²) in [4.78, 5) is 4.71. The summed E-state index contributed by atoms with van der Waals surface area (Å²) in [5, 5.41) is 11.9. The number of methoxy groups -OCH3 is 1. The molecular formula is C8H15N5O. The summed E-state index contributed by atoms with van der Waals surface area (Å²) in [6, 6.07) is 2.08. The van der Waals surface area contributed by atoms with Gasteiger partial charge in [0.25, 0.3) is 0 Å². The van der Waals surface area contributed by atoms with E-state index in [1.165, 1.54) is 0 Å². The van der Waals surface area contributed by atoms with Crippen molar-refractivity contribution >= 4 is 0 Å². The third-order valence-corrected chi connectivity index (χ3v) is 1.73. The third kappa shape index (κ3) is 7.37. The van der Waals surface area contributed by atoms with Gasteiger partial charge in [-0.15, -0.1) is 0 Å². The molecule has 0 aromatic rings. The SMILES string of the molecule is COCCN(CCC#N)CCN=[N+]=[N-]. The van der Waals surface area contributed by atoms with Crippen LogP contribution in [0.15, 0.2) is 5.11 Å². The van der Waals surface area contributed by atoms with Gasteiger partial charge >= 0.3 is 0 Å². The van der Waals surface area contributed by atoms with E-state index in [2.05, 4.69) is 16.1 Å². The minimum atomic E-state index is 0.436. The average Bonchev–Trinajstić information content (AvgIpc) is 2.21. The van der Waals surface area contributed by atoms with Crippen LogP contribution in [-0.4, -0.2) is 44.8 Å². The first kappa shape index (κ1) is 12.7. The van der Waals surface area contributed by atoms with Gasteiger partial charge in [0.2, 0.25) is 0 Å². The van der Waals surface area contributed by atoms with Crippen molar-refractivity contribution in [2.24, 2.45) is 5.11 Å². The van der Waals surface area contributed by atoms with E-state index in [9.17, 15) is 0 Å². The lowest BCUT2D eigenvalue weighted by molar-refractivity contribution is 0.150. The maximum Gasteiger partial charge on any atom is 0.0635 e. The van der Waals surface area contributed by atoms with E-state index in [0.717, 1.165) is 6.54 Å². The Hall–Kier alpha value is -1.28. The monoisotopic (exact) mass is 197 g/mol. The fourth-order valence-electron chi connectivity index (χ4n) is 0.995. The molecule has 0 atom stereocenters. The number of nitriles is 1. The summed E-state index contributed by atoms with van der Waals surface area (Å²) in [5.41, 5.74) is 8.09. The average molecular weight is 197 g/mol. The molecule has 0 N–H and O–H groups in total. The van der Waals surface area contributed by atoms with Gasteiger partial charge in [-0.25, -0.2) is 0 Å². The van der Waals surface area contributed by atoms with Crippen LogP contribution in [0.25, 0.3) is 10.4 Å². The summed E-state index contributed by atoms with van der Waals surface area (Å²) in [6.45, 7) is 3.20. The second kappa shape index (κ2) is 9.81. The Morgan fingerprint density at radius 3 is 2.86 bits per heavy atom. The third-order valence-electron chi connectivity index (χ3n) is 1.73. The summed E-state index contributed by atoms with van der Waals surface area (Å²) in [5.74, 6) is 0. The molecule has 0 spiro atoms. The van der Waals surface area contributed by atoms with Crippen molar-refractivity contribution in [3.63, 3.8) is 0 Å². The van der Waals surface area contributed by atoms with Gasteiger partial charge in [0.05, 0.1) is 12.7 Å². The standard InChI is InChI=1S/C8H15N5O/c1-14-8-7-13(5-2-3-9)6-4-11-12-10/h2,4-8H2,1H3. The van der Waals surface area contributed by atoms with Gasteiger partial charge in [-0.3, -0.25) is 4.90 Å². The number of hydrogen-bond acceptors (Lipinski definition) is 4. The van der Waals surface area contributed by atoms with E-state index in [1.807, 2.05) is 4.90 Å². The molecule has 0 aromatic carbocycles. The van der Waals surface area contributed by atoms with Crippen LogP contribution < -0.4 is 0 Å². The van der Waals surface area contributed by atoms with Crippen molar-refractivity contribution in [3.05, 3.63) is 10.4 Å². The Morgan fingerprint density at radius 1 is 1.50 bits per heavy atom. The van der Waals surface area contributed by atoms with E-state index >= 15 is 0 Å². The Morgan fingerprint density at radius 2 is 2.29 bits per heavy atom. The van der Waals surface area contributed by atoms with Crippen molar-refractivity contribution in [2.45, 2.75) is 6.42 Å². The topological polar surface area (TPSA) is 85.0 Å². The largest absolute Gasteiger partial charge is 0.383 e. The molecule has 0 saturated heterocycles. The van der Waals surface area contributed by atoms with Crippen LogP contribution in [0.3, 0.4) is 0 Å². The van der Waals surface area contributed by atoms with Crippen molar-refractivity contribution in [2.75, 3.05) is 39.9 Å². The highest BCUT2D eigenvalue weighted by Gasteiger charge is 2.02. The molecule has 0 aromatic heterocycles. The smallest absolute Gasteiger partial charge is 0.0635 e. The van der Waals surface area contributed by atoms with Crippen LogP contribution in [0, 0.1) is 11.3 Å². The molecule has 0 heterocycles. The van der Waals surface area contributed by atoms with Crippen LogP contribution >= 0.6 is 0 Å². The molecule has 6 heteroatoms. The zero-order valence-electron chi connectivity index (χ0n) is 8.39. The van der Waals surface area contributed by atoms with Crippen LogP contribution in [0.4, 0.5) is 0 Å². The van der Waals surface area contributed by atoms with Gasteiger partial charge in [-0.05, 0) is 5.53 Å². The Kier molecular flexibility index (Phi) is 8.91. The van der Waals surface area contributed by atoms with Crippen LogP contribution in [-0.2, 0) is 4.74 Å². The van der Waals surface area contributed by atoms with Gasteiger partial charge in [-0.1, -0.05) is 5.11 Å². The molecule has 0 rings (SSSR count). The first-order valence-electron chi connectivity index (χ1n) is 4.44. The molecular weight excluding hydrogens is 182 g/mol. The van der Waals surface area contributed by atoms with Gasteiger partial charge in [-0.2, -0.15) is 5.26 Å². The molecule has 0 aliphatic rings. The zero-order chi connectivity index (χ0) is 10.6. The second-order valence-corrected chi connectivity index (χ2v) is 2.70. The quantitative estimate of drug-likeness (QED) is 0.332. The molecule has 0 aliphatic carbocycles. The van der Waals surface area contributed by atoms with Crippen molar-refractivity contribution in [1.29, 1.82) is 5.26 Å². The summed E-state index contributed by atoms with van der Waals surface area (Å²) in [7, 11) is 1.63. The number of azide groups is 1. The summed E-state index contributed by atoms with van der Waals surface area (Å²) >= 11 is 0. The highest BCUT2D eigenvalue weighted by Crippen LogP contribution is 1.91. The zero-order valence-corrected chi connectivity index (χ0v) is 8.39. The van der Waals surface area contributed by atoms with Crippen LogP contribution in [0.5, 0.6) is 0 Å². The maximum absolute atomic E-state index is 8.42. The molecule has 0 bridgehead atoms. The fourth-order valence-corrected chi connectivity index (χ4v) is 0.995. The number of ether oxygens (including phenoxy) is 1. The second-order valence-electron chi connectivity index (χ2n) is 2.70. The predicted molar refractivity (Wildman–Crippen MR) is 52.6 cm³/mol. The molecule has 0 aliphatic heterocycles. The lowest BCUT2D eigenvalue weighted by atomic mass is 10.4. The van der Waals surface area contributed by atoms with Crippen LogP contribution in [0.2, 0.25) is 0 Å². The normalized spacial score (nSPS) is 9.50. The van der Waals surface area contributed by atoms with E-state index in [0.29, 0.717) is 32.7 Å². The summed E-state index contributed by atoms with van der Waals surface area (Å²) < 4.78 is 4.93. The van der Waals surface area contributed by atoms with Gasteiger partial charge < -0.3 is 4.74 Å². The first-order chi connectivity index (χ1) is 6.85. The van der Waals surface area contributed by atoms with Crippen LogP contribution in [0.1, 0.15) is 6.42 Å². The molecule has 0 fully saturated rings. The van der Waals surface area contributed by atoms with Gasteiger partial charge in [0.15, 0.2) is 0 Å². The molecule has 0 unspecified atom stereocenters. The minimum absolute atomic E-state index is 0.436. The molecule has 0 radical (unpaired) electrons. The highest BCUT2D eigenvalue weighted by atomic mass is 16.5. The van der Waals surface area contributed by atoms with E-state index < -0.39 is 0 Å². The van der Waals surface area contributed by atoms with Crippen molar-refractivity contribution < 1.29 is 4.74 Å². The van der Waals surface area contributed by atoms with E-state index in [-0.39, 0.29) is 0 Å². The Labute approximate surface area is 83.7 Å². The van der Waals surface area contributed by atoms with E-state index in [4.69, 9.17) is 15.5 Å². The number of nitrogens with zero attached hydrogens (tertiary/aromatic N) is 5. The van der Waals surface area contributed by atoms with E-state index in [1.54, 1.807) is 7.11 Å². The molecule has 14 heavy (non-hydrogen) atoms. The van der Waals surface area contributed by atoms with Gasteiger partial charge in [0, 0.05) is 44.6 Å². The Balaban J connectivity index is 3.72. The first-order valence-corrected chi connectivity index (χ1v) is 4.44. The maximum atomic E-state index is 8.42. The van der Waals surface area contributed by atoms with Crippen molar-refractivity contribution in [1.82, 2.24) is 4.90 Å². The minimum Gasteiger partial charge on any atom is -0.383 e. The molecule has 0 saturated carbocycles. The Bertz CT molecular complexity index is 218. The fraction of sp³-hybridized carbons (Fsp3) is 0.875.